The highest BCUT2D eigenvalue weighted by Gasteiger charge is 2.44. The van der Waals surface area contributed by atoms with E-state index < -0.39 is 0 Å². The lowest BCUT2D eigenvalue weighted by Gasteiger charge is -2.44. The Morgan fingerprint density at radius 3 is 1.90 bits per heavy atom. The van der Waals surface area contributed by atoms with Gasteiger partial charge in [-0.25, -0.2) is 15.0 Å². The molecule has 1 saturated carbocycles. The molecule has 0 bridgehead atoms. The lowest BCUT2D eigenvalue weighted by molar-refractivity contribution is 0.444. The van der Waals surface area contributed by atoms with E-state index in [1.54, 1.807) is 12.7 Å². The Hall–Kier alpha value is -4.45. The Labute approximate surface area is 229 Å². The summed E-state index contributed by atoms with van der Waals surface area (Å²) in [5, 5.41) is 0. The summed E-state index contributed by atoms with van der Waals surface area (Å²) in [6.45, 7) is 0.126. The topological polar surface area (TPSA) is 45.2 Å². The van der Waals surface area contributed by atoms with Crippen LogP contribution in [0.2, 0.25) is 0 Å². The Bertz CT molecular complexity index is 1550. The molecule has 0 spiro atoms. The molecule has 1 fully saturated rings. The van der Waals surface area contributed by atoms with E-state index in [-0.39, 0.29) is 6.71 Å². The van der Waals surface area contributed by atoms with Crippen LogP contribution in [0, 0.1) is 0 Å². The average Bonchev–Trinajstić information content (AvgIpc) is 3.02. The highest BCUT2D eigenvalue weighted by Crippen LogP contribution is 2.45. The largest absolute Gasteiger partial charge is 0.311 e. The minimum absolute atomic E-state index is 0.126. The van der Waals surface area contributed by atoms with E-state index in [4.69, 9.17) is 0 Å². The fraction of sp³-hybridized carbons (Fsp3) is 0.182. The smallest absolute Gasteiger partial charge is 0.252 e. The molecule has 3 heterocycles. The maximum absolute atomic E-state index is 4.65. The molecule has 6 heteroatoms. The number of nitrogens with zero attached hydrogens (tertiary/aromatic N) is 5. The van der Waals surface area contributed by atoms with Crippen LogP contribution in [0.3, 0.4) is 0 Å². The third kappa shape index (κ3) is 3.51. The van der Waals surface area contributed by atoms with Crippen LogP contribution in [0.25, 0.3) is 0 Å². The van der Waals surface area contributed by atoms with Crippen LogP contribution >= 0.6 is 0 Å². The van der Waals surface area contributed by atoms with Gasteiger partial charge in [-0.2, -0.15) is 0 Å². The molecule has 0 N–H and O–H groups in total. The van der Waals surface area contributed by atoms with Crippen LogP contribution in [0.1, 0.15) is 43.6 Å². The second-order valence-electron chi connectivity index (χ2n) is 10.8. The highest BCUT2D eigenvalue weighted by molar-refractivity contribution is 7.00. The fourth-order valence-electron chi connectivity index (χ4n) is 7.01. The SMILES string of the molecule is c1ccc(N2c3ccccc3B3c4ccccc4N(c4ncncn4)c4cc(C5CCCCC5)cc2c43)cc1. The number of hydrogen-bond donors (Lipinski definition) is 0. The summed E-state index contributed by atoms with van der Waals surface area (Å²) in [6.07, 6.45) is 9.61. The number of hydrogen-bond acceptors (Lipinski definition) is 5. The Morgan fingerprint density at radius 2 is 1.21 bits per heavy atom. The predicted octanol–water partition coefficient (Wildman–Crippen LogP) is 6.00. The fourth-order valence-corrected chi connectivity index (χ4v) is 7.01. The standard InChI is InChI=1S/C33H28BN5/c1-3-11-23(12-4-1)24-19-30-32-31(20-24)39(33-36-21-35-22-37-33)29-18-10-8-16-27(29)34(32)26-15-7-9-17-28(26)38(30)25-13-5-2-6-14-25/h2,5-10,13-23H,1,3-4,11-12H2. The Kier molecular flexibility index (Phi) is 5.25. The van der Waals surface area contributed by atoms with Gasteiger partial charge in [0.2, 0.25) is 5.95 Å². The number of aromatic nitrogens is 3. The zero-order valence-corrected chi connectivity index (χ0v) is 21.7. The molecule has 0 amide bonds. The minimum atomic E-state index is 0.126. The summed E-state index contributed by atoms with van der Waals surface area (Å²) in [7, 11) is 0. The quantitative estimate of drug-likeness (QED) is 0.276. The monoisotopic (exact) mass is 505 g/mol. The van der Waals surface area contributed by atoms with Gasteiger partial charge < -0.3 is 4.90 Å². The van der Waals surface area contributed by atoms with Gasteiger partial charge >= 0.3 is 0 Å². The second kappa shape index (κ2) is 9.09. The van der Waals surface area contributed by atoms with Crippen LogP contribution < -0.4 is 26.2 Å². The Balaban J connectivity index is 1.47. The molecule has 3 aliphatic rings. The Morgan fingerprint density at radius 1 is 0.615 bits per heavy atom. The van der Waals surface area contributed by atoms with Crippen molar-refractivity contribution in [2.24, 2.45) is 0 Å². The van der Waals surface area contributed by atoms with Gasteiger partial charge in [0.05, 0.1) is 0 Å². The van der Waals surface area contributed by atoms with Crippen molar-refractivity contribution in [1.82, 2.24) is 15.0 Å². The van der Waals surface area contributed by atoms with E-state index in [1.165, 1.54) is 76.8 Å². The van der Waals surface area contributed by atoms with Crippen molar-refractivity contribution in [1.29, 1.82) is 0 Å². The van der Waals surface area contributed by atoms with Crippen molar-refractivity contribution in [2.45, 2.75) is 38.0 Å². The molecule has 5 nitrogen and oxygen atoms in total. The first-order valence-electron chi connectivity index (χ1n) is 14.0. The summed E-state index contributed by atoms with van der Waals surface area (Å²) < 4.78 is 0. The molecule has 188 valence electrons. The van der Waals surface area contributed by atoms with E-state index in [2.05, 4.69) is 116 Å². The van der Waals surface area contributed by atoms with Crippen molar-refractivity contribution in [3.05, 3.63) is 109 Å². The molecular formula is C33H28BN5. The number of fused-ring (bicyclic) bond motifs is 4. The van der Waals surface area contributed by atoms with Crippen LogP contribution in [0.5, 0.6) is 0 Å². The normalized spacial score (nSPS) is 15.9. The molecule has 8 rings (SSSR count). The van der Waals surface area contributed by atoms with Crippen molar-refractivity contribution in [3.8, 4) is 0 Å². The average molecular weight is 505 g/mol. The molecule has 0 unspecified atom stereocenters. The first-order chi connectivity index (χ1) is 19.4. The van der Waals surface area contributed by atoms with E-state index in [9.17, 15) is 0 Å². The van der Waals surface area contributed by atoms with Gasteiger partial charge in [-0.15, -0.1) is 0 Å². The van der Waals surface area contributed by atoms with E-state index in [0.29, 0.717) is 11.9 Å². The minimum Gasteiger partial charge on any atom is -0.311 e. The van der Waals surface area contributed by atoms with E-state index >= 15 is 0 Å². The summed E-state index contributed by atoms with van der Waals surface area (Å²) in [4.78, 5) is 18.2. The lowest BCUT2D eigenvalue weighted by atomic mass is 9.33. The third-order valence-corrected chi connectivity index (χ3v) is 8.68. The molecule has 0 atom stereocenters. The highest BCUT2D eigenvalue weighted by atomic mass is 15.3. The number of para-hydroxylation sites is 3. The van der Waals surface area contributed by atoms with Crippen molar-refractivity contribution < 1.29 is 0 Å². The van der Waals surface area contributed by atoms with Crippen molar-refractivity contribution in [2.75, 3.05) is 9.80 Å². The van der Waals surface area contributed by atoms with Crippen LogP contribution in [0.4, 0.5) is 34.4 Å². The zero-order valence-electron chi connectivity index (χ0n) is 21.7. The molecule has 0 radical (unpaired) electrons. The van der Waals surface area contributed by atoms with E-state index in [1.807, 2.05) is 0 Å². The number of anilines is 6. The first-order valence-corrected chi connectivity index (χ1v) is 14.0. The maximum atomic E-state index is 4.65. The lowest BCUT2D eigenvalue weighted by Crippen LogP contribution is -2.61. The zero-order chi connectivity index (χ0) is 25.8. The van der Waals surface area contributed by atoms with Gasteiger partial charge in [0.1, 0.15) is 12.7 Å². The molecule has 0 saturated heterocycles. The molecule has 1 aromatic heterocycles. The van der Waals surface area contributed by atoms with Gasteiger partial charge in [-0.05, 0) is 77.1 Å². The summed E-state index contributed by atoms with van der Waals surface area (Å²) in [6, 6.07) is 33.4. The molecule has 1 aliphatic carbocycles. The molecule has 5 aromatic rings. The van der Waals surface area contributed by atoms with E-state index in [0.717, 1.165) is 5.69 Å². The van der Waals surface area contributed by atoms with Crippen LogP contribution in [-0.4, -0.2) is 21.7 Å². The molecular weight excluding hydrogens is 477 g/mol. The number of benzene rings is 4. The maximum Gasteiger partial charge on any atom is 0.252 e. The van der Waals surface area contributed by atoms with Crippen molar-refractivity contribution in [3.63, 3.8) is 0 Å². The van der Waals surface area contributed by atoms with Gasteiger partial charge in [0.25, 0.3) is 6.71 Å². The second-order valence-corrected chi connectivity index (χ2v) is 10.8. The number of rotatable bonds is 3. The molecule has 39 heavy (non-hydrogen) atoms. The van der Waals surface area contributed by atoms with Gasteiger partial charge in [-0.3, -0.25) is 4.90 Å². The van der Waals surface area contributed by atoms with Gasteiger partial charge in [0, 0.05) is 28.4 Å². The predicted molar refractivity (Wildman–Crippen MR) is 160 cm³/mol. The first kappa shape index (κ1) is 22.5. The van der Waals surface area contributed by atoms with Crippen LogP contribution in [0.15, 0.2) is 104 Å². The van der Waals surface area contributed by atoms with Crippen LogP contribution in [-0.2, 0) is 0 Å². The summed E-state index contributed by atoms with van der Waals surface area (Å²) in [5.41, 5.74) is 11.3. The molecule has 2 aliphatic heterocycles. The van der Waals surface area contributed by atoms with Crippen molar-refractivity contribution >= 4 is 57.5 Å². The van der Waals surface area contributed by atoms with Gasteiger partial charge in [-0.1, -0.05) is 73.9 Å². The summed E-state index contributed by atoms with van der Waals surface area (Å²) in [5.74, 6) is 1.22. The molecule has 4 aromatic carbocycles. The summed E-state index contributed by atoms with van der Waals surface area (Å²) >= 11 is 0. The third-order valence-electron chi connectivity index (χ3n) is 8.68. The van der Waals surface area contributed by atoms with Gasteiger partial charge in [0.15, 0.2) is 0 Å².